The van der Waals surface area contributed by atoms with Gasteiger partial charge in [0.25, 0.3) is 5.91 Å². The second kappa shape index (κ2) is 7.62. The van der Waals surface area contributed by atoms with Crippen LogP contribution in [-0.2, 0) is 14.3 Å². The zero-order valence-electron chi connectivity index (χ0n) is 16.1. The fourth-order valence-corrected chi connectivity index (χ4v) is 3.12. The van der Waals surface area contributed by atoms with Crippen LogP contribution >= 0.6 is 0 Å². The smallest absolute Gasteiger partial charge is 0.340 e. The van der Waals surface area contributed by atoms with E-state index in [1.54, 1.807) is 24.8 Å². The van der Waals surface area contributed by atoms with Crippen LogP contribution in [0.4, 0.5) is 5.69 Å². The standard InChI is InChI=1S/C23H23NO3/c1-5-27-23(26)21-17(4)24(19-12-8-16(3)9-13-19)22(25)20(21)14-18-10-6-15(2)7-11-18/h6-14H,5H2,1-4H3/b20-14-. The molecule has 2 aromatic rings. The molecule has 1 aliphatic rings. The van der Waals surface area contributed by atoms with Crippen LogP contribution < -0.4 is 4.90 Å². The van der Waals surface area contributed by atoms with Crippen LogP contribution in [0.2, 0.25) is 0 Å². The van der Waals surface area contributed by atoms with Crippen LogP contribution in [0.25, 0.3) is 6.08 Å². The first-order valence-corrected chi connectivity index (χ1v) is 9.00. The molecule has 0 atom stereocenters. The van der Waals surface area contributed by atoms with E-state index in [-0.39, 0.29) is 12.5 Å². The van der Waals surface area contributed by atoms with E-state index in [9.17, 15) is 9.59 Å². The minimum Gasteiger partial charge on any atom is -0.462 e. The Morgan fingerprint density at radius 1 is 0.963 bits per heavy atom. The zero-order valence-corrected chi connectivity index (χ0v) is 16.1. The quantitative estimate of drug-likeness (QED) is 0.592. The molecule has 0 fully saturated rings. The van der Waals surface area contributed by atoms with E-state index in [1.165, 1.54) is 0 Å². The van der Waals surface area contributed by atoms with Gasteiger partial charge in [-0.2, -0.15) is 0 Å². The van der Waals surface area contributed by atoms with Gasteiger partial charge in [-0.05, 0) is 51.5 Å². The van der Waals surface area contributed by atoms with Crippen LogP contribution in [0.15, 0.2) is 65.4 Å². The Kier molecular flexibility index (Phi) is 5.26. The van der Waals surface area contributed by atoms with Crippen molar-refractivity contribution < 1.29 is 14.3 Å². The summed E-state index contributed by atoms with van der Waals surface area (Å²) in [5.41, 5.74) is 5.10. The maximum absolute atomic E-state index is 13.2. The van der Waals surface area contributed by atoms with Crippen molar-refractivity contribution in [3.05, 3.63) is 82.1 Å². The lowest BCUT2D eigenvalue weighted by atomic mass is 10.0. The highest BCUT2D eigenvalue weighted by atomic mass is 16.5. The lowest BCUT2D eigenvalue weighted by Crippen LogP contribution is -2.24. The molecule has 1 amide bonds. The summed E-state index contributed by atoms with van der Waals surface area (Å²) < 4.78 is 5.22. The summed E-state index contributed by atoms with van der Waals surface area (Å²) in [4.78, 5) is 27.4. The number of hydrogen-bond acceptors (Lipinski definition) is 3. The van der Waals surface area contributed by atoms with E-state index in [4.69, 9.17) is 4.74 Å². The van der Waals surface area contributed by atoms with Gasteiger partial charge >= 0.3 is 5.97 Å². The van der Waals surface area contributed by atoms with Gasteiger partial charge in [0.05, 0.1) is 17.8 Å². The van der Waals surface area contributed by atoms with Crippen molar-refractivity contribution in [3.63, 3.8) is 0 Å². The molecule has 0 saturated carbocycles. The fraction of sp³-hybridized carbons (Fsp3) is 0.217. The van der Waals surface area contributed by atoms with Gasteiger partial charge in [-0.3, -0.25) is 9.69 Å². The monoisotopic (exact) mass is 361 g/mol. The van der Waals surface area contributed by atoms with Gasteiger partial charge < -0.3 is 4.74 Å². The van der Waals surface area contributed by atoms with Crippen molar-refractivity contribution in [3.8, 4) is 0 Å². The van der Waals surface area contributed by atoms with Crippen molar-refractivity contribution in [2.75, 3.05) is 11.5 Å². The van der Waals surface area contributed by atoms with Gasteiger partial charge in [0, 0.05) is 11.4 Å². The largest absolute Gasteiger partial charge is 0.462 e. The first kappa shape index (κ1) is 18.6. The Bertz CT molecular complexity index is 935. The number of carbonyl (C=O) groups is 2. The predicted molar refractivity (Wildman–Crippen MR) is 107 cm³/mol. The van der Waals surface area contributed by atoms with E-state index in [1.807, 2.05) is 62.4 Å². The maximum atomic E-state index is 13.2. The van der Waals surface area contributed by atoms with E-state index >= 15 is 0 Å². The third-order valence-corrected chi connectivity index (χ3v) is 4.56. The molecular formula is C23H23NO3. The Hall–Kier alpha value is -3.14. The minimum atomic E-state index is -0.476. The minimum absolute atomic E-state index is 0.222. The van der Waals surface area contributed by atoms with E-state index in [2.05, 4.69) is 0 Å². The number of aryl methyl sites for hydroxylation is 2. The number of esters is 1. The summed E-state index contributed by atoms with van der Waals surface area (Å²) in [5, 5.41) is 0. The molecule has 3 rings (SSSR count). The molecule has 4 nitrogen and oxygen atoms in total. The number of anilines is 1. The summed E-state index contributed by atoms with van der Waals surface area (Å²) >= 11 is 0. The van der Waals surface area contributed by atoms with Crippen LogP contribution in [0.3, 0.4) is 0 Å². The molecule has 0 unspecified atom stereocenters. The highest BCUT2D eigenvalue weighted by Crippen LogP contribution is 2.35. The first-order chi connectivity index (χ1) is 12.9. The molecule has 1 heterocycles. The third-order valence-electron chi connectivity index (χ3n) is 4.56. The van der Waals surface area contributed by atoms with Crippen LogP contribution in [0.1, 0.15) is 30.5 Å². The van der Waals surface area contributed by atoms with Crippen molar-refractivity contribution >= 4 is 23.6 Å². The number of ether oxygens (including phenoxy) is 1. The Balaban J connectivity index is 2.11. The molecule has 27 heavy (non-hydrogen) atoms. The highest BCUT2D eigenvalue weighted by molar-refractivity contribution is 6.23. The zero-order chi connectivity index (χ0) is 19.6. The number of nitrogens with zero attached hydrogens (tertiary/aromatic N) is 1. The lowest BCUT2D eigenvalue weighted by molar-refractivity contribution is -0.138. The Morgan fingerprint density at radius 2 is 1.52 bits per heavy atom. The second-order valence-electron chi connectivity index (χ2n) is 6.63. The molecule has 0 radical (unpaired) electrons. The molecule has 0 aromatic heterocycles. The van der Waals surface area contributed by atoms with E-state index in [0.29, 0.717) is 16.8 Å². The Morgan fingerprint density at radius 3 is 2.07 bits per heavy atom. The number of amides is 1. The first-order valence-electron chi connectivity index (χ1n) is 9.00. The molecule has 2 aromatic carbocycles. The van der Waals surface area contributed by atoms with E-state index < -0.39 is 5.97 Å². The molecule has 4 heteroatoms. The van der Waals surface area contributed by atoms with Crippen molar-refractivity contribution in [1.82, 2.24) is 0 Å². The molecule has 0 saturated heterocycles. The van der Waals surface area contributed by atoms with Gasteiger partial charge in [0.1, 0.15) is 0 Å². The summed E-state index contributed by atoms with van der Waals surface area (Å²) in [6.45, 7) is 7.79. The summed E-state index contributed by atoms with van der Waals surface area (Å²) in [7, 11) is 0. The van der Waals surface area contributed by atoms with Gasteiger partial charge in [-0.25, -0.2) is 4.79 Å². The molecule has 0 spiro atoms. The van der Waals surface area contributed by atoms with Gasteiger partial charge in [-0.1, -0.05) is 47.5 Å². The van der Waals surface area contributed by atoms with Crippen LogP contribution in [-0.4, -0.2) is 18.5 Å². The van der Waals surface area contributed by atoms with Crippen LogP contribution in [0, 0.1) is 13.8 Å². The lowest BCUT2D eigenvalue weighted by Gasteiger charge is -2.18. The number of benzene rings is 2. The normalized spacial score (nSPS) is 15.6. The Labute approximate surface area is 159 Å². The number of allylic oxidation sites excluding steroid dienone is 1. The molecule has 0 bridgehead atoms. The van der Waals surface area contributed by atoms with Crippen molar-refractivity contribution in [2.45, 2.75) is 27.7 Å². The van der Waals surface area contributed by atoms with Crippen molar-refractivity contribution in [2.24, 2.45) is 0 Å². The summed E-state index contributed by atoms with van der Waals surface area (Å²) in [5.74, 6) is -0.698. The van der Waals surface area contributed by atoms with Crippen molar-refractivity contribution in [1.29, 1.82) is 0 Å². The average molecular weight is 361 g/mol. The number of hydrogen-bond donors (Lipinski definition) is 0. The summed E-state index contributed by atoms with van der Waals surface area (Å²) in [6, 6.07) is 15.5. The number of rotatable bonds is 4. The molecular weight excluding hydrogens is 338 g/mol. The topological polar surface area (TPSA) is 46.6 Å². The second-order valence-corrected chi connectivity index (χ2v) is 6.63. The molecule has 0 N–H and O–H groups in total. The molecule has 138 valence electrons. The van der Waals surface area contributed by atoms with E-state index in [0.717, 1.165) is 22.4 Å². The third kappa shape index (κ3) is 3.70. The molecule has 1 aliphatic heterocycles. The maximum Gasteiger partial charge on any atom is 0.340 e. The summed E-state index contributed by atoms with van der Waals surface area (Å²) in [6.07, 6.45) is 1.76. The fourth-order valence-electron chi connectivity index (χ4n) is 3.12. The number of carbonyl (C=O) groups excluding carboxylic acids is 2. The highest BCUT2D eigenvalue weighted by Gasteiger charge is 2.37. The van der Waals surface area contributed by atoms with Gasteiger partial charge in [0.2, 0.25) is 0 Å². The van der Waals surface area contributed by atoms with Crippen LogP contribution in [0.5, 0.6) is 0 Å². The van der Waals surface area contributed by atoms with Gasteiger partial charge in [-0.15, -0.1) is 0 Å². The average Bonchev–Trinajstić information content (AvgIpc) is 2.88. The predicted octanol–water partition coefficient (Wildman–Crippen LogP) is 4.57. The van der Waals surface area contributed by atoms with Gasteiger partial charge in [0.15, 0.2) is 0 Å². The SMILES string of the molecule is CCOC(=O)C1=C(C)N(c2ccc(C)cc2)C(=O)/C1=C\c1ccc(C)cc1. The molecule has 0 aliphatic carbocycles.